The van der Waals surface area contributed by atoms with Crippen molar-refractivity contribution in [3.63, 3.8) is 0 Å². The second-order valence-corrected chi connectivity index (χ2v) is 6.80. The molecule has 108 valence electrons. The zero-order valence-corrected chi connectivity index (χ0v) is 13.7. The zero-order chi connectivity index (χ0) is 14.3. The first-order valence-corrected chi connectivity index (χ1v) is 7.85. The Bertz CT molecular complexity index is 388. The van der Waals surface area contributed by atoms with E-state index in [2.05, 4.69) is 26.1 Å². The number of halogens is 2. The molecule has 0 heterocycles. The lowest BCUT2D eigenvalue weighted by Gasteiger charge is -2.25. The summed E-state index contributed by atoms with van der Waals surface area (Å²) < 4.78 is 0. The van der Waals surface area contributed by atoms with E-state index >= 15 is 0 Å². The van der Waals surface area contributed by atoms with E-state index in [1.807, 2.05) is 12.1 Å². The lowest BCUT2D eigenvalue weighted by Crippen LogP contribution is -2.29. The Labute approximate surface area is 127 Å². The summed E-state index contributed by atoms with van der Waals surface area (Å²) >= 11 is 12.0. The Morgan fingerprint density at radius 1 is 1.16 bits per heavy atom. The molecule has 1 N–H and O–H groups in total. The van der Waals surface area contributed by atoms with Gasteiger partial charge in [-0.25, -0.2) is 0 Å². The van der Waals surface area contributed by atoms with E-state index in [1.54, 1.807) is 6.07 Å². The molecular formula is C16H25Cl2N. The number of hydrogen-bond acceptors (Lipinski definition) is 1. The highest BCUT2D eigenvalue weighted by atomic mass is 35.5. The molecule has 1 aromatic carbocycles. The first-order chi connectivity index (χ1) is 8.94. The molecule has 0 saturated heterocycles. The van der Waals surface area contributed by atoms with E-state index in [1.165, 1.54) is 25.7 Å². The van der Waals surface area contributed by atoms with Gasteiger partial charge in [0.25, 0.3) is 0 Å². The van der Waals surface area contributed by atoms with Crippen LogP contribution < -0.4 is 5.32 Å². The van der Waals surface area contributed by atoms with Gasteiger partial charge in [0.1, 0.15) is 0 Å². The van der Waals surface area contributed by atoms with Gasteiger partial charge in [0, 0.05) is 23.1 Å². The van der Waals surface area contributed by atoms with Crippen LogP contribution in [0.3, 0.4) is 0 Å². The van der Waals surface area contributed by atoms with Crippen LogP contribution in [0.15, 0.2) is 18.2 Å². The summed E-state index contributed by atoms with van der Waals surface area (Å²) in [5, 5.41) is 4.93. The highest BCUT2D eigenvalue weighted by Gasteiger charge is 2.16. The molecule has 0 amide bonds. The average molecular weight is 302 g/mol. The Morgan fingerprint density at radius 2 is 1.89 bits per heavy atom. The van der Waals surface area contributed by atoms with E-state index in [0.29, 0.717) is 10.4 Å². The van der Waals surface area contributed by atoms with Gasteiger partial charge in [-0.1, -0.05) is 69.3 Å². The molecule has 0 atom stereocenters. The summed E-state index contributed by atoms with van der Waals surface area (Å²) in [5.41, 5.74) is 1.45. The van der Waals surface area contributed by atoms with Gasteiger partial charge < -0.3 is 5.32 Å². The van der Waals surface area contributed by atoms with Crippen LogP contribution in [-0.2, 0) is 6.54 Å². The number of unbranched alkanes of at least 4 members (excludes halogenated alkanes) is 2. The summed E-state index contributed by atoms with van der Waals surface area (Å²) in [6.07, 6.45) is 5.19. The fourth-order valence-electron chi connectivity index (χ4n) is 2.14. The Kier molecular flexibility index (Phi) is 7.20. The van der Waals surface area contributed by atoms with E-state index < -0.39 is 0 Å². The minimum atomic E-state index is 0.341. The summed E-state index contributed by atoms with van der Waals surface area (Å²) in [6, 6.07) is 5.67. The van der Waals surface area contributed by atoms with E-state index in [9.17, 15) is 0 Å². The van der Waals surface area contributed by atoms with Crippen molar-refractivity contribution >= 4 is 23.2 Å². The van der Waals surface area contributed by atoms with Crippen LogP contribution in [0.5, 0.6) is 0 Å². The van der Waals surface area contributed by atoms with Gasteiger partial charge in [-0.2, -0.15) is 0 Å². The molecule has 0 bridgehead atoms. The Morgan fingerprint density at radius 3 is 2.53 bits per heavy atom. The van der Waals surface area contributed by atoms with Crippen LogP contribution in [0.2, 0.25) is 10.0 Å². The van der Waals surface area contributed by atoms with E-state index in [-0.39, 0.29) is 0 Å². The van der Waals surface area contributed by atoms with Crippen LogP contribution in [-0.4, -0.2) is 6.54 Å². The van der Waals surface area contributed by atoms with Crippen molar-refractivity contribution in [2.75, 3.05) is 6.54 Å². The van der Waals surface area contributed by atoms with Gasteiger partial charge >= 0.3 is 0 Å². The van der Waals surface area contributed by atoms with Crippen LogP contribution in [0.25, 0.3) is 0 Å². The Hall–Kier alpha value is -0.240. The summed E-state index contributed by atoms with van der Waals surface area (Å²) in [7, 11) is 0. The van der Waals surface area contributed by atoms with Crippen molar-refractivity contribution in [2.45, 2.75) is 53.0 Å². The fourth-order valence-corrected chi connectivity index (χ4v) is 2.62. The van der Waals surface area contributed by atoms with Gasteiger partial charge in [0.15, 0.2) is 0 Å². The van der Waals surface area contributed by atoms with Crippen LogP contribution in [0.4, 0.5) is 0 Å². The highest BCUT2D eigenvalue weighted by molar-refractivity contribution is 6.35. The number of nitrogens with one attached hydrogen (secondary N) is 1. The van der Waals surface area contributed by atoms with Crippen molar-refractivity contribution in [3.8, 4) is 0 Å². The number of benzene rings is 1. The first kappa shape index (κ1) is 16.8. The molecule has 1 nitrogen and oxygen atoms in total. The van der Waals surface area contributed by atoms with Gasteiger partial charge in [0.05, 0.1) is 0 Å². The second kappa shape index (κ2) is 8.14. The van der Waals surface area contributed by atoms with E-state index in [4.69, 9.17) is 23.2 Å². The second-order valence-electron chi connectivity index (χ2n) is 5.96. The van der Waals surface area contributed by atoms with Crippen LogP contribution in [0.1, 0.15) is 52.0 Å². The summed E-state index contributed by atoms with van der Waals surface area (Å²) in [6.45, 7) is 8.69. The lowest BCUT2D eigenvalue weighted by molar-refractivity contribution is 0.302. The van der Waals surface area contributed by atoms with Crippen molar-refractivity contribution in [3.05, 3.63) is 33.8 Å². The third kappa shape index (κ3) is 6.65. The van der Waals surface area contributed by atoms with Gasteiger partial charge in [-0.15, -0.1) is 0 Å². The molecule has 3 heteroatoms. The predicted molar refractivity (Wildman–Crippen MR) is 86.1 cm³/mol. The van der Waals surface area contributed by atoms with E-state index in [0.717, 1.165) is 23.7 Å². The smallest absolute Gasteiger partial charge is 0.0465 e. The third-order valence-electron chi connectivity index (χ3n) is 3.39. The lowest BCUT2D eigenvalue weighted by atomic mass is 9.87. The van der Waals surface area contributed by atoms with Crippen molar-refractivity contribution in [1.82, 2.24) is 5.32 Å². The topological polar surface area (TPSA) is 12.0 Å². The minimum Gasteiger partial charge on any atom is -0.312 e. The van der Waals surface area contributed by atoms with Crippen molar-refractivity contribution in [1.29, 1.82) is 0 Å². The van der Waals surface area contributed by atoms with Gasteiger partial charge in [-0.3, -0.25) is 0 Å². The van der Waals surface area contributed by atoms with Crippen molar-refractivity contribution < 1.29 is 0 Å². The molecule has 1 rings (SSSR count). The normalized spacial score (nSPS) is 11.8. The Balaban J connectivity index is 2.36. The van der Waals surface area contributed by atoms with Gasteiger partial charge in [-0.05, 0) is 29.5 Å². The molecule has 0 spiro atoms. The molecule has 0 aromatic heterocycles. The fraction of sp³-hybridized carbons (Fsp3) is 0.625. The minimum absolute atomic E-state index is 0.341. The molecule has 0 aliphatic heterocycles. The average Bonchev–Trinajstić information content (AvgIpc) is 2.32. The number of hydrogen-bond donors (Lipinski definition) is 1. The van der Waals surface area contributed by atoms with Crippen LogP contribution >= 0.6 is 23.2 Å². The summed E-state index contributed by atoms with van der Waals surface area (Å²) in [4.78, 5) is 0. The summed E-state index contributed by atoms with van der Waals surface area (Å²) in [5.74, 6) is 0. The maximum Gasteiger partial charge on any atom is 0.0465 e. The molecule has 0 aliphatic carbocycles. The van der Waals surface area contributed by atoms with Gasteiger partial charge in [0.2, 0.25) is 0 Å². The molecule has 0 saturated carbocycles. The maximum absolute atomic E-state index is 6.16. The molecular weight excluding hydrogens is 277 g/mol. The predicted octanol–water partition coefficient (Wildman–Crippen LogP) is 5.69. The molecule has 1 aromatic rings. The van der Waals surface area contributed by atoms with Crippen LogP contribution in [0, 0.1) is 5.41 Å². The van der Waals surface area contributed by atoms with Crippen molar-refractivity contribution in [2.24, 2.45) is 5.41 Å². The maximum atomic E-state index is 6.16. The first-order valence-electron chi connectivity index (χ1n) is 7.09. The molecule has 0 unspecified atom stereocenters. The highest BCUT2D eigenvalue weighted by Crippen LogP contribution is 2.24. The molecule has 19 heavy (non-hydrogen) atoms. The third-order valence-corrected chi connectivity index (χ3v) is 3.98. The SMILES string of the molecule is CCCCCC(C)(C)CNCc1ccc(Cl)cc1Cl. The molecule has 0 fully saturated rings. The molecule has 0 radical (unpaired) electrons. The molecule has 0 aliphatic rings. The quantitative estimate of drug-likeness (QED) is 0.608. The standard InChI is InChI=1S/C16H25Cl2N/c1-4-5-6-9-16(2,3)12-19-11-13-7-8-14(17)10-15(13)18/h7-8,10,19H,4-6,9,11-12H2,1-3H3. The number of rotatable bonds is 8. The monoisotopic (exact) mass is 301 g/mol. The zero-order valence-electron chi connectivity index (χ0n) is 12.2. The largest absolute Gasteiger partial charge is 0.312 e.